The number of methoxy groups -OCH3 is 1. The maximum absolute atomic E-state index is 13.0. The van der Waals surface area contributed by atoms with Crippen molar-refractivity contribution in [3.8, 4) is 5.75 Å². The van der Waals surface area contributed by atoms with Gasteiger partial charge in [0.2, 0.25) is 0 Å². The number of benzene rings is 4. The van der Waals surface area contributed by atoms with Crippen molar-refractivity contribution in [1.82, 2.24) is 0 Å². The molecule has 0 aliphatic carbocycles. The van der Waals surface area contributed by atoms with E-state index in [1.54, 1.807) is 48.5 Å². The Labute approximate surface area is 211 Å². The van der Waals surface area contributed by atoms with Crippen LogP contribution in [-0.2, 0) is 9.59 Å². The Morgan fingerprint density at radius 2 is 1.53 bits per heavy atom. The first-order chi connectivity index (χ1) is 17.5. The van der Waals surface area contributed by atoms with Crippen LogP contribution in [-0.4, -0.2) is 24.8 Å². The number of fused-ring (bicyclic) bond motifs is 1. The number of imide groups is 1. The van der Waals surface area contributed by atoms with E-state index < -0.39 is 11.8 Å². The van der Waals surface area contributed by atoms with E-state index in [1.807, 2.05) is 42.5 Å². The standard InChI is InChI=1S/C28H20ClN3O4/c1-36-21-15-13-20(14-16-21)32-27(34)24(29)25(28(32)35)30-19-11-9-18(10-12-19)26(33)31-23-8-4-6-17-5-2-3-7-22(17)23/h2-16,30H,1H3,(H,31,33). The molecule has 0 radical (unpaired) electrons. The summed E-state index contributed by atoms with van der Waals surface area (Å²) in [4.78, 5) is 39.5. The lowest BCUT2D eigenvalue weighted by molar-refractivity contribution is -0.120. The molecule has 0 unspecified atom stereocenters. The lowest BCUT2D eigenvalue weighted by Crippen LogP contribution is -2.32. The number of anilines is 3. The van der Waals surface area contributed by atoms with Gasteiger partial charge in [0.15, 0.2) is 0 Å². The molecular formula is C28H20ClN3O4. The van der Waals surface area contributed by atoms with E-state index in [1.165, 1.54) is 7.11 Å². The quantitative estimate of drug-likeness (QED) is 0.342. The fraction of sp³-hybridized carbons (Fsp3) is 0.0357. The largest absolute Gasteiger partial charge is 0.497 e. The summed E-state index contributed by atoms with van der Waals surface area (Å²) in [5, 5.41) is 7.61. The molecule has 1 heterocycles. The van der Waals surface area contributed by atoms with Crippen LogP contribution >= 0.6 is 11.6 Å². The zero-order chi connectivity index (χ0) is 25.2. The first kappa shape index (κ1) is 23.1. The van der Waals surface area contributed by atoms with Crippen LogP contribution in [0.5, 0.6) is 5.75 Å². The van der Waals surface area contributed by atoms with E-state index in [4.69, 9.17) is 16.3 Å². The molecule has 0 saturated carbocycles. The van der Waals surface area contributed by atoms with Gasteiger partial charge in [-0.2, -0.15) is 0 Å². The molecule has 5 rings (SSSR count). The molecule has 0 aromatic heterocycles. The third-order valence-corrected chi connectivity index (χ3v) is 6.16. The number of carbonyl (C=O) groups is 3. The van der Waals surface area contributed by atoms with Crippen molar-refractivity contribution in [2.75, 3.05) is 22.6 Å². The highest BCUT2D eigenvalue weighted by atomic mass is 35.5. The Morgan fingerprint density at radius 1 is 0.833 bits per heavy atom. The molecule has 0 saturated heterocycles. The summed E-state index contributed by atoms with van der Waals surface area (Å²) in [6.45, 7) is 0. The third-order valence-electron chi connectivity index (χ3n) is 5.81. The molecular weight excluding hydrogens is 478 g/mol. The van der Waals surface area contributed by atoms with Crippen molar-refractivity contribution in [1.29, 1.82) is 0 Å². The van der Waals surface area contributed by atoms with Crippen molar-refractivity contribution < 1.29 is 19.1 Å². The van der Waals surface area contributed by atoms with Gasteiger partial charge in [0, 0.05) is 22.3 Å². The smallest absolute Gasteiger partial charge is 0.283 e. The zero-order valence-electron chi connectivity index (χ0n) is 19.1. The summed E-state index contributed by atoms with van der Waals surface area (Å²) < 4.78 is 5.12. The molecule has 36 heavy (non-hydrogen) atoms. The second kappa shape index (κ2) is 9.56. The highest BCUT2D eigenvalue weighted by Crippen LogP contribution is 2.31. The Balaban J connectivity index is 1.31. The van der Waals surface area contributed by atoms with Gasteiger partial charge in [-0.15, -0.1) is 0 Å². The lowest BCUT2D eigenvalue weighted by Gasteiger charge is -2.15. The van der Waals surface area contributed by atoms with Gasteiger partial charge >= 0.3 is 0 Å². The van der Waals surface area contributed by atoms with Gasteiger partial charge in [-0.05, 0) is 60.0 Å². The predicted octanol–water partition coefficient (Wildman–Crippen LogP) is 5.54. The fourth-order valence-corrected chi connectivity index (χ4v) is 4.17. The van der Waals surface area contributed by atoms with E-state index in [0.29, 0.717) is 28.4 Å². The van der Waals surface area contributed by atoms with Crippen molar-refractivity contribution >= 4 is 57.2 Å². The molecule has 7 nitrogen and oxygen atoms in total. The number of rotatable bonds is 6. The molecule has 1 aliphatic heterocycles. The van der Waals surface area contributed by atoms with Crippen LogP contribution in [0, 0.1) is 0 Å². The minimum absolute atomic E-state index is 0.0366. The summed E-state index contributed by atoms with van der Waals surface area (Å²) in [5.41, 5.74) is 1.99. The van der Waals surface area contributed by atoms with Gasteiger partial charge < -0.3 is 15.4 Å². The molecule has 4 aromatic carbocycles. The number of hydrogen-bond acceptors (Lipinski definition) is 5. The van der Waals surface area contributed by atoms with Crippen molar-refractivity contribution in [3.05, 3.63) is 107 Å². The number of nitrogens with one attached hydrogen (secondary N) is 2. The Kier molecular flexibility index (Phi) is 6.14. The average Bonchev–Trinajstić information content (AvgIpc) is 3.12. The lowest BCUT2D eigenvalue weighted by atomic mass is 10.1. The molecule has 0 bridgehead atoms. The Hall–Kier alpha value is -4.62. The topological polar surface area (TPSA) is 87.7 Å². The summed E-state index contributed by atoms with van der Waals surface area (Å²) in [6.07, 6.45) is 0. The molecule has 3 amide bonds. The number of halogens is 1. The van der Waals surface area contributed by atoms with Crippen LogP contribution < -0.4 is 20.3 Å². The first-order valence-electron chi connectivity index (χ1n) is 11.0. The highest BCUT2D eigenvalue weighted by molar-refractivity contribution is 6.53. The average molecular weight is 498 g/mol. The minimum Gasteiger partial charge on any atom is -0.497 e. The number of carbonyl (C=O) groups excluding carboxylic acids is 3. The number of nitrogens with zero attached hydrogens (tertiary/aromatic N) is 1. The molecule has 2 N–H and O–H groups in total. The Bertz CT molecular complexity index is 1520. The van der Waals surface area contributed by atoms with Gasteiger partial charge in [0.1, 0.15) is 16.5 Å². The Morgan fingerprint density at radius 3 is 2.25 bits per heavy atom. The van der Waals surface area contributed by atoms with Crippen molar-refractivity contribution in [2.45, 2.75) is 0 Å². The number of hydrogen-bond donors (Lipinski definition) is 2. The van der Waals surface area contributed by atoms with Crippen molar-refractivity contribution in [3.63, 3.8) is 0 Å². The summed E-state index contributed by atoms with van der Waals surface area (Å²) >= 11 is 6.21. The minimum atomic E-state index is -0.625. The molecule has 0 fully saturated rings. The zero-order valence-corrected chi connectivity index (χ0v) is 19.9. The summed E-state index contributed by atoms with van der Waals surface area (Å²) in [7, 11) is 1.53. The van der Waals surface area contributed by atoms with Crippen LogP contribution in [0.25, 0.3) is 10.8 Å². The molecule has 178 valence electrons. The molecule has 8 heteroatoms. The SMILES string of the molecule is COc1ccc(N2C(=O)C(Cl)=C(Nc3ccc(C(=O)Nc4cccc5ccccc45)cc3)C2=O)cc1. The second-order valence-electron chi connectivity index (χ2n) is 8.02. The van der Waals surface area contributed by atoms with Gasteiger partial charge in [0.25, 0.3) is 17.7 Å². The third kappa shape index (κ3) is 4.28. The van der Waals surface area contributed by atoms with E-state index in [-0.39, 0.29) is 16.6 Å². The second-order valence-corrected chi connectivity index (χ2v) is 8.39. The van der Waals surface area contributed by atoms with E-state index in [9.17, 15) is 14.4 Å². The monoisotopic (exact) mass is 497 g/mol. The van der Waals surface area contributed by atoms with Crippen LogP contribution in [0.3, 0.4) is 0 Å². The van der Waals surface area contributed by atoms with Crippen molar-refractivity contribution in [2.24, 2.45) is 0 Å². The van der Waals surface area contributed by atoms with Gasteiger partial charge in [-0.3, -0.25) is 14.4 Å². The van der Waals surface area contributed by atoms with E-state index in [0.717, 1.165) is 15.7 Å². The number of ether oxygens (including phenoxy) is 1. The first-order valence-corrected chi connectivity index (χ1v) is 11.4. The van der Waals surface area contributed by atoms with Gasteiger partial charge in [-0.1, -0.05) is 48.0 Å². The highest BCUT2D eigenvalue weighted by Gasteiger charge is 2.39. The van der Waals surface area contributed by atoms with Gasteiger partial charge in [-0.25, -0.2) is 4.90 Å². The molecule has 1 aliphatic rings. The predicted molar refractivity (Wildman–Crippen MR) is 140 cm³/mol. The summed E-state index contributed by atoms with van der Waals surface area (Å²) in [5.74, 6) is -0.874. The summed E-state index contributed by atoms with van der Waals surface area (Å²) in [6, 6.07) is 26.6. The molecule has 0 spiro atoms. The number of amides is 3. The van der Waals surface area contributed by atoms with Gasteiger partial charge in [0.05, 0.1) is 12.8 Å². The van der Waals surface area contributed by atoms with Crippen LogP contribution in [0.4, 0.5) is 17.1 Å². The van der Waals surface area contributed by atoms with E-state index in [2.05, 4.69) is 10.6 Å². The van der Waals surface area contributed by atoms with E-state index >= 15 is 0 Å². The molecule has 4 aromatic rings. The molecule has 0 atom stereocenters. The normalized spacial score (nSPS) is 13.3. The maximum atomic E-state index is 13.0. The van der Waals surface area contributed by atoms with Crippen LogP contribution in [0.15, 0.2) is 102 Å². The van der Waals surface area contributed by atoms with Crippen LogP contribution in [0.1, 0.15) is 10.4 Å². The fourth-order valence-electron chi connectivity index (χ4n) is 3.96. The van der Waals surface area contributed by atoms with Crippen LogP contribution in [0.2, 0.25) is 0 Å². The maximum Gasteiger partial charge on any atom is 0.283 e.